The molecule has 0 aliphatic carbocycles. The molecule has 0 spiro atoms. The van der Waals surface area contributed by atoms with Crippen LogP contribution in [0.2, 0.25) is 0 Å². The third-order valence-electron chi connectivity index (χ3n) is 3.02. The van der Waals surface area contributed by atoms with Crippen LogP contribution in [0, 0.1) is 0 Å². The van der Waals surface area contributed by atoms with Crippen molar-refractivity contribution in [3.8, 4) is 0 Å². The average molecular weight is 230 g/mol. The molecule has 1 aromatic rings. The smallest absolute Gasteiger partial charge is 0.227 e. The SMILES string of the molecule is C=CCC1(c2ccccn2)CC(=O)NC(=O)C1. The molecule has 0 aromatic carbocycles. The monoisotopic (exact) mass is 230 g/mol. The summed E-state index contributed by atoms with van der Waals surface area (Å²) in [4.78, 5) is 27.4. The van der Waals surface area contributed by atoms with Gasteiger partial charge in [-0.25, -0.2) is 0 Å². The number of amides is 2. The van der Waals surface area contributed by atoms with Crippen LogP contribution in [0.5, 0.6) is 0 Å². The highest BCUT2D eigenvalue weighted by Gasteiger charge is 2.41. The van der Waals surface area contributed by atoms with Crippen molar-refractivity contribution in [1.82, 2.24) is 10.3 Å². The molecule has 0 radical (unpaired) electrons. The highest BCUT2D eigenvalue weighted by Crippen LogP contribution is 2.36. The topological polar surface area (TPSA) is 59.1 Å². The number of pyridine rings is 1. The highest BCUT2D eigenvalue weighted by atomic mass is 16.2. The Morgan fingerprint density at radius 1 is 1.35 bits per heavy atom. The van der Waals surface area contributed by atoms with Gasteiger partial charge in [0.2, 0.25) is 11.8 Å². The van der Waals surface area contributed by atoms with Crippen molar-refractivity contribution in [1.29, 1.82) is 0 Å². The minimum Gasteiger partial charge on any atom is -0.296 e. The minimum absolute atomic E-state index is 0.242. The van der Waals surface area contributed by atoms with E-state index in [1.54, 1.807) is 12.3 Å². The van der Waals surface area contributed by atoms with Crippen molar-refractivity contribution in [3.05, 3.63) is 42.7 Å². The van der Waals surface area contributed by atoms with Gasteiger partial charge in [-0.2, -0.15) is 0 Å². The lowest BCUT2D eigenvalue weighted by Gasteiger charge is -2.34. The molecule has 0 bridgehead atoms. The summed E-state index contributed by atoms with van der Waals surface area (Å²) in [5.74, 6) is -0.484. The molecule has 0 saturated carbocycles. The van der Waals surface area contributed by atoms with Crippen LogP contribution in [-0.2, 0) is 15.0 Å². The number of rotatable bonds is 3. The fourth-order valence-electron chi connectivity index (χ4n) is 2.30. The lowest BCUT2D eigenvalue weighted by atomic mass is 9.72. The molecule has 4 heteroatoms. The highest BCUT2D eigenvalue weighted by molar-refractivity contribution is 5.99. The predicted molar refractivity (Wildman–Crippen MR) is 63.1 cm³/mol. The number of nitrogens with one attached hydrogen (secondary N) is 1. The fourth-order valence-corrected chi connectivity index (χ4v) is 2.30. The number of hydrogen-bond acceptors (Lipinski definition) is 3. The number of nitrogens with zero attached hydrogens (tertiary/aromatic N) is 1. The number of imide groups is 1. The second-order valence-electron chi connectivity index (χ2n) is 4.31. The van der Waals surface area contributed by atoms with E-state index in [0.717, 1.165) is 5.69 Å². The summed E-state index contributed by atoms with van der Waals surface area (Å²) >= 11 is 0. The molecule has 2 amide bonds. The Hall–Kier alpha value is -1.97. The van der Waals surface area contributed by atoms with E-state index in [0.29, 0.717) is 6.42 Å². The first-order valence-electron chi connectivity index (χ1n) is 5.51. The predicted octanol–water partition coefficient (Wildman–Crippen LogP) is 1.33. The summed E-state index contributed by atoms with van der Waals surface area (Å²) in [5, 5.41) is 2.32. The molecule has 4 nitrogen and oxygen atoms in total. The fraction of sp³-hybridized carbons (Fsp3) is 0.308. The Kier molecular flexibility index (Phi) is 3.04. The maximum Gasteiger partial charge on any atom is 0.227 e. The molecule has 17 heavy (non-hydrogen) atoms. The van der Waals surface area contributed by atoms with E-state index < -0.39 is 5.41 Å². The molecule has 2 heterocycles. The molecular weight excluding hydrogens is 216 g/mol. The van der Waals surface area contributed by atoms with Crippen LogP contribution in [0.15, 0.2) is 37.1 Å². The molecule has 1 fully saturated rings. The molecule has 1 aliphatic heterocycles. The van der Waals surface area contributed by atoms with Crippen LogP contribution in [0.3, 0.4) is 0 Å². The third-order valence-corrected chi connectivity index (χ3v) is 3.02. The summed E-state index contributed by atoms with van der Waals surface area (Å²) in [6, 6.07) is 5.54. The van der Waals surface area contributed by atoms with Gasteiger partial charge in [-0.3, -0.25) is 19.9 Å². The van der Waals surface area contributed by atoms with Crippen molar-refractivity contribution in [3.63, 3.8) is 0 Å². The van der Waals surface area contributed by atoms with Gasteiger partial charge in [-0.05, 0) is 18.6 Å². The minimum atomic E-state index is -0.525. The number of carbonyl (C=O) groups excluding carboxylic acids is 2. The Morgan fingerprint density at radius 2 is 2.06 bits per heavy atom. The maximum atomic E-state index is 11.5. The maximum absolute atomic E-state index is 11.5. The van der Waals surface area contributed by atoms with Gasteiger partial charge in [-0.1, -0.05) is 12.1 Å². The van der Waals surface area contributed by atoms with Gasteiger partial charge in [-0.15, -0.1) is 6.58 Å². The third kappa shape index (κ3) is 2.25. The number of carbonyl (C=O) groups is 2. The molecule has 1 saturated heterocycles. The number of aromatic nitrogens is 1. The van der Waals surface area contributed by atoms with Crippen LogP contribution in [0.1, 0.15) is 25.0 Å². The second-order valence-corrected chi connectivity index (χ2v) is 4.31. The quantitative estimate of drug-likeness (QED) is 0.629. The van der Waals surface area contributed by atoms with Crippen LogP contribution in [-0.4, -0.2) is 16.8 Å². The molecule has 1 aliphatic rings. The molecule has 88 valence electrons. The molecule has 0 unspecified atom stereocenters. The normalized spacial score (nSPS) is 18.6. The molecule has 1 aromatic heterocycles. The largest absolute Gasteiger partial charge is 0.296 e. The first-order chi connectivity index (χ1) is 8.16. The van der Waals surface area contributed by atoms with Crippen molar-refractivity contribution in [2.75, 3.05) is 0 Å². The second kappa shape index (κ2) is 4.49. The molecular formula is C13H14N2O2. The number of hydrogen-bond donors (Lipinski definition) is 1. The Balaban J connectivity index is 2.41. The first-order valence-corrected chi connectivity index (χ1v) is 5.51. The van der Waals surface area contributed by atoms with Crippen molar-refractivity contribution in [2.24, 2.45) is 0 Å². The zero-order valence-electron chi connectivity index (χ0n) is 9.48. The molecule has 1 N–H and O–H groups in total. The van der Waals surface area contributed by atoms with E-state index in [9.17, 15) is 9.59 Å². The van der Waals surface area contributed by atoms with E-state index >= 15 is 0 Å². The number of piperidine rings is 1. The van der Waals surface area contributed by atoms with Crippen LogP contribution in [0.25, 0.3) is 0 Å². The Morgan fingerprint density at radius 3 is 2.59 bits per heavy atom. The van der Waals surface area contributed by atoms with E-state index in [-0.39, 0.29) is 24.7 Å². The number of allylic oxidation sites excluding steroid dienone is 1. The Labute approximate surface area is 99.7 Å². The lowest BCUT2D eigenvalue weighted by Crippen LogP contribution is -2.47. The van der Waals surface area contributed by atoms with Gasteiger partial charge in [0.25, 0.3) is 0 Å². The van der Waals surface area contributed by atoms with Crippen LogP contribution < -0.4 is 5.32 Å². The summed E-state index contributed by atoms with van der Waals surface area (Å²) in [6.45, 7) is 3.70. The molecule has 2 rings (SSSR count). The summed E-state index contributed by atoms with van der Waals surface area (Å²) in [6.07, 6.45) is 4.55. The van der Waals surface area contributed by atoms with E-state index in [2.05, 4.69) is 16.9 Å². The van der Waals surface area contributed by atoms with Gasteiger partial charge in [0.15, 0.2) is 0 Å². The average Bonchev–Trinajstić information content (AvgIpc) is 2.29. The summed E-state index contributed by atoms with van der Waals surface area (Å²) in [5.41, 5.74) is 0.255. The van der Waals surface area contributed by atoms with E-state index in [1.807, 2.05) is 18.2 Å². The van der Waals surface area contributed by atoms with Gasteiger partial charge in [0.05, 0.1) is 0 Å². The molecule has 0 atom stereocenters. The van der Waals surface area contributed by atoms with Gasteiger partial charge < -0.3 is 0 Å². The van der Waals surface area contributed by atoms with Gasteiger partial charge >= 0.3 is 0 Å². The standard InChI is InChI=1S/C13H14N2O2/c1-2-6-13(10-5-3-4-7-14-10)8-11(16)15-12(17)9-13/h2-5,7H,1,6,8-9H2,(H,15,16,17). The van der Waals surface area contributed by atoms with Crippen LogP contribution in [0.4, 0.5) is 0 Å². The van der Waals surface area contributed by atoms with Crippen LogP contribution >= 0.6 is 0 Å². The zero-order valence-corrected chi connectivity index (χ0v) is 9.48. The summed E-state index contributed by atoms with van der Waals surface area (Å²) < 4.78 is 0. The van der Waals surface area contributed by atoms with Gasteiger partial charge in [0, 0.05) is 30.1 Å². The van der Waals surface area contributed by atoms with Crippen molar-refractivity contribution < 1.29 is 9.59 Å². The van der Waals surface area contributed by atoms with E-state index in [4.69, 9.17) is 0 Å². The zero-order chi connectivity index (χ0) is 12.3. The van der Waals surface area contributed by atoms with Crippen molar-refractivity contribution >= 4 is 11.8 Å². The first kappa shape index (κ1) is 11.5. The summed E-state index contributed by atoms with van der Waals surface area (Å²) in [7, 11) is 0. The van der Waals surface area contributed by atoms with Crippen molar-refractivity contribution in [2.45, 2.75) is 24.7 Å². The Bertz CT molecular complexity index is 438. The van der Waals surface area contributed by atoms with E-state index in [1.165, 1.54) is 0 Å². The lowest BCUT2D eigenvalue weighted by molar-refractivity contribution is -0.135. The van der Waals surface area contributed by atoms with Gasteiger partial charge in [0.1, 0.15) is 0 Å².